The van der Waals surface area contributed by atoms with Crippen LogP contribution in [0.4, 0.5) is 21.7 Å². The van der Waals surface area contributed by atoms with Crippen molar-refractivity contribution in [3.63, 3.8) is 0 Å². The number of hydrogen-bond donors (Lipinski definition) is 1. The number of benzene rings is 1. The summed E-state index contributed by atoms with van der Waals surface area (Å²) in [6.07, 6.45) is 2.92. The van der Waals surface area contributed by atoms with E-state index >= 15 is 4.39 Å². The zero-order valence-corrected chi connectivity index (χ0v) is 23.9. The first-order chi connectivity index (χ1) is 19.5. The molecule has 1 fully saturated rings. The van der Waals surface area contributed by atoms with Crippen molar-refractivity contribution in [3.05, 3.63) is 65.1 Å². The van der Waals surface area contributed by atoms with Gasteiger partial charge in [-0.25, -0.2) is 14.4 Å². The molecule has 10 nitrogen and oxygen atoms in total. The van der Waals surface area contributed by atoms with Crippen molar-refractivity contribution in [2.45, 2.75) is 13.0 Å². The Morgan fingerprint density at radius 1 is 1.22 bits per heavy atom. The van der Waals surface area contributed by atoms with Gasteiger partial charge in [0.15, 0.2) is 11.6 Å². The molecule has 41 heavy (non-hydrogen) atoms. The van der Waals surface area contributed by atoms with Gasteiger partial charge in [0.1, 0.15) is 40.3 Å². The molecule has 1 aromatic carbocycles. The van der Waals surface area contributed by atoms with Crippen molar-refractivity contribution < 1.29 is 23.8 Å². The van der Waals surface area contributed by atoms with E-state index in [2.05, 4.69) is 11.6 Å². The third kappa shape index (κ3) is 4.80. The predicted octanol–water partition coefficient (Wildman–Crippen LogP) is 4.02. The Kier molecular flexibility index (Phi) is 7.48. The van der Waals surface area contributed by atoms with Gasteiger partial charge < -0.3 is 29.4 Å². The largest absolute Gasteiger partial charge is 0.507 e. The van der Waals surface area contributed by atoms with Gasteiger partial charge in [0.2, 0.25) is 5.91 Å². The molecule has 0 spiro atoms. The number of piperazine rings is 1. The summed E-state index contributed by atoms with van der Waals surface area (Å²) in [5.74, 6) is -0.941. The molecule has 2 aliphatic heterocycles. The van der Waals surface area contributed by atoms with E-state index < -0.39 is 11.9 Å². The number of pyridine rings is 2. The van der Waals surface area contributed by atoms with Crippen LogP contribution in [0.15, 0.2) is 43.1 Å². The zero-order chi connectivity index (χ0) is 29.6. The van der Waals surface area contributed by atoms with Crippen LogP contribution in [-0.4, -0.2) is 90.1 Å². The van der Waals surface area contributed by atoms with E-state index in [1.165, 1.54) is 24.3 Å². The van der Waals surface area contributed by atoms with Crippen LogP contribution in [0.3, 0.4) is 0 Å². The summed E-state index contributed by atoms with van der Waals surface area (Å²) in [5, 5.41) is 10.5. The Bertz CT molecular complexity index is 1540. The molecular weight excluding hydrogens is 551 g/mol. The van der Waals surface area contributed by atoms with Gasteiger partial charge in [-0.15, -0.1) is 0 Å². The molecule has 0 bridgehead atoms. The number of hydrogen-bond acceptors (Lipinski definition) is 8. The summed E-state index contributed by atoms with van der Waals surface area (Å²) >= 11 is 6.82. The van der Waals surface area contributed by atoms with Crippen molar-refractivity contribution in [2.75, 3.05) is 57.2 Å². The molecule has 0 unspecified atom stereocenters. The van der Waals surface area contributed by atoms with Gasteiger partial charge in [0.25, 0.3) is 5.91 Å². The number of amides is 2. The number of halogens is 2. The maximum Gasteiger partial charge on any atom is 0.261 e. The van der Waals surface area contributed by atoms with Gasteiger partial charge in [-0.3, -0.25) is 9.59 Å². The second-order valence-electron chi connectivity index (χ2n) is 10.1. The first kappa shape index (κ1) is 28.2. The molecule has 1 N–H and O–H groups in total. The number of aryl methyl sites for hydroxylation is 1. The molecular formula is C29H30ClFN6O4. The lowest BCUT2D eigenvalue weighted by Gasteiger charge is -2.39. The molecule has 2 aliphatic rings. The summed E-state index contributed by atoms with van der Waals surface area (Å²) < 4.78 is 21.3. The number of anilines is 3. The highest BCUT2D eigenvalue weighted by Gasteiger charge is 2.41. The lowest BCUT2D eigenvalue weighted by molar-refractivity contribution is -0.128. The standard InChI is InChI=1S/C29H30ClFN6O4/c1-6-20(39)36-12-13-37-17(14-36)15-41-26-22(29(37)40)27(35(5)25-16(2)10-11-32-28(25)34(3)4)33-24(23(26)30)21-18(31)8-7-9-19(21)38/h6-11,17,38H,1,12-15H2,2-5H3/t17-/m1/s1. The topological polar surface area (TPSA) is 102 Å². The Morgan fingerprint density at radius 2 is 1.98 bits per heavy atom. The van der Waals surface area contributed by atoms with Crippen molar-refractivity contribution in [3.8, 4) is 22.8 Å². The minimum atomic E-state index is -0.740. The SMILES string of the molecule is C=CC(=O)N1CCN2C(=O)c3c(N(C)c4c(C)ccnc4N(C)C)nc(-c4c(O)cccc4F)c(Cl)c3OC[C@H]2C1. The van der Waals surface area contributed by atoms with Crippen molar-refractivity contribution in [2.24, 2.45) is 0 Å². The number of carbonyl (C=O) groups is 2. The molecule has 3 aromatic rings. The third-order valence-electron chi connectivity index (χ3n) is 7.35. The smallest absolute Gasteiger partial charge is 0.261 e. The van der Waals surface area contributed by atoms with Gasteiger partial charge >= 0.3 is 0 Å². The minimum Gasteiger partial charge on any atom is -0.507 e. The Balaban J connectivity index is 1.75. The van der Waals surface area contributed by atoms with Crippen LogP contribution in [0, 0.1) is 12.7 Å². The lowest BCUT2D eigenvalue weighted by Crippen LogP contribution is -2.57. The monoisotopic (exact) mass is 580 g/mol. The van der Waals surface area contributed by atoms with E-state index in [1.54, 1.807) is 27.9 Å². The summed E-state index contributed by atoms with van der Waals surface area (Å²) in [6, 6.07) is 5.26. The Hall–Kier alpha value is -4.38. The summed E-state index contributed by atoms with van der Waals surface area (Å²) in [4.78, 5) is 42.6. The van der Waals surface area contributed by atoms with Gasteiger partial charge in [-0.1, -0.05) is 24.2 Å². The highest BCUT2D eigenvalue weighted by molar-refractivity contribution is 6.35. The van der Waals surface area contributed by atoms with E-state index in [0.29, 0.717) is 18.1 Å². The first-order valence-electron chi connectivity index (χ1n) is 13.0. The average molecular weight is 581 g/mol. The molecule has 0 aliphatic carbocycles. The molecule has 4 heterocycles. The van der Waals surface area contributed by atoms with Crippen LogP contribution in [0.5, 0.6) is 11.5 Å². The van der Waals surface area contributed by atoms with Crippen molar-refractivity contribution >= 4 is 40.7 Å². The van der Waals surface area contributed by atoms with Crippen molar-refractivity contribution in [1.82, 2.24) is 19.8 Å². The van der Waals surface area contributed by atoms with Gasteiger partial charge in [-0.05, 0) is 36.8 Å². The Labute approximate surface area is 242 Å². The van der Waals surface area contributed by atoms with Crippen LogP contribution in [-0.2, 0) is 4.79 Å². The quantitative estimate of drug-likeness (QED) is 0.452. The fourth-order valence-corrected chi connectivity index (χ4v) is 5.60. The van der Waals surface area contributed by atoms with E-state index in [-0.39, 0.29) is 70.7 Å². The van der Waals surface area contributed by atoms with E-state index in [0.717, 1.165) is 5.56 Å². The van der Waals surface area contributed by atoms with Crippen LogP contribution >= 0.6 is 11.6 Å². The van der Waals surface area contributed by atoms with Crippen LogP contribution < -0.4 is 14.5 Å². The number of aromatic hydroxyl groups is 1. The Morgan fingerprint density at radius 3 is 2.66 bits per heavy atom. The third-order valence-corrected chi connectivity index (χ3v) is 7.70. The van der Waals surface area contributed by atoms with E-state index in [1.807, 2.05) is 32.0 Å². The molecule has 5 rings (SSSR count). The molecule has 214 valence electrons. The highest BCUT2D eigenvalue weighted by atomic mass is 35.5. The number of phenols is 1. The summed E-state index contributed by atoms with van der Waals surface area (Å²) in [5.41, 5.74) is 1.31. The number of rotatable bonds is 5. The number of nitrogens with zero attached hydrogens (tertiary/aromatic N) is 6. The number of aromatic nitrogens is 2. The van der Waals surface area contributed by atoms with Gasteiger partial charge in [-0.2, -0.15) is 0 Å². The zero-order valence-electron chi connectivity index (χ0n) is 23.2. The second-order valence-corrected chi connectivity index (χ2v) is 10.5. The van der Waals surface area contributed by atoms with Crippen LogP contribution in [0.25, 0.3) is 11.3 Å². The van der Waals surface area contributed by atoms with Crippen LogP contribution in [0.2, 0.25) is 5.02 Å². The molecule has 1 atom stereocenters. The number of ether oxygens (including phenoxy) is 1. The maximum atomic E-state index is 15.1. The first-order valence-corrected chi connectivity index (χ1v) is 13.4. The fourth-order valence-electron chi connectivity index (χ4n) is 5.32. The molecule has 1 saturated heterocycles. The number of carbonyl (C=O) groups excluding carboxylic acids is 2. The number of fused-ring (bicyclic) bond motifs is 2. The fraction of sp³-hybridized carbons (Fsp3) is 0.310. The van der Waals surface area contributed by atoms with Gasteiger partial charge in [0, 0.05) is 47.0 Å². The highest BCUT2D eigenvalue weighted by Crippen LogP contribution is 2.47. The molecule has 0 radical (unpaired) electrons. The minimum absolute atomic E-state index is 0.0233. The van der Waals surface area contributed by atoms with Crippen LogP contribution in [0.1, 0.15) is 15.9 Å². The number of phenolic OH excluding ortho intramolecular Hbond substituents is 1. The lowest BCUT2D eigenvalue weighted by atomic mass is 10.0. The molecule has 12 heteroatoms. The summed E-state index contributed by atoms with van der Waals surface area (Å²) in [6.45, 7) is 6.33. The van der Waals surface area contributed by atoms with Gasteiger partial charge in [0.05, 0.1) is 17.3 Å². The normalized spacial score (nSPS) is 16.3. The van der Waals surface area contributed by atoms with Crippen molar-refractivity contribution in [1.29, 1.82) is 0 Å². The average Bonchev–Trinajstić information content (AvgIpc) is 3.09. The molecule has 0 saturated carbocycles. The van der Waals surface area contributed by atoms with E-state index in [4.69, 9.17) is 21.3 Å². The molecule has 2 amide bonds. The maximum absolute atomic E-state index is 15.1. The molecule has 2 aromatic heterocycles. The summed E-state index contributed by atoms with van der Waals surface area (Å²) in [7, 11) is 5.43. The predicted molar refractivity (Wildman–Crippen MR) is 155 cm³/mol. The second kappa shape index (κ2) is 10.9. The van der Waals surface area contributed by atoms with E-state index in [9.17, 15) is 14.7 Å².